The SMILES string of the molecule is N[C@@H](O)CCCl. The van der Waals surface area contributed by atoms with Crippen LogP contribution in [0, 0.1) is 0 Å². The van der Waals surface area contributed by atoms with Crippen molar-refractivity contribution in [2.24, 2.45) is 5.73 Å². The van der Waals surface area contributed by atoms with E-state index in [0.717, 1.165) is 0 Å². The second-order valence-corrected chi connectivity index (χ2v) is 1.42. The molecule has 0 aromatic rings. The summed E-state index contributed by atoms with van der Waals surface area (Å²) in [6.45, 7) is 0. The zero-order chi connectivity index (χ0) is 4.99. The number of alkyl halides is 1. The summed E-state index contributed by atoms with van der Waals surface area (Å²) in [5.41, 5.74) is 4.87. The Kier molecular flexibility index (Phi) is 3.52. The molecule has 0 aliphatic carbocycles. The van der Waals surface area contributed by atoms with Crippen molar-refractivity contribution in [3.8, 4) is 0 Å². The van der Waals surface area contributed by atoms with E-state index >= 15 is 0 Å². The molecule has 1 atom stereocenters. The summed E-state index contributed by atoms with van der Waals surface area (Å²) in [6.07, 6.45) is -0.260. The fraction of sp³-hybridized carbons (Fsp3) is 1.00. The molecule has 0 spiro atoms. The molecular formula is C3H8ClNO. The van der Waals surface area contributed by atoms with Crippen LogP contribution in [0.15, 0.2) is 0 Å². The van der Waals surface area contributed by atoms with Gasteiger partial charge in [-0.1, -0.05) is 0 Å². The molecule has 0 bridgehead atoms. The summed E-state index contributed by atoms with van der Waals surface area (Å²) in [4.78, 5) is 0. The molecule has 0 unspecified atom stereocenters. The van der Waals surface area contributed by atoms with Gasteiger partial charge in [0.05, 0.1) is 0 Å². The van der Waals surface area contributed by atoms with Crippen LogP contribution >= 0.6 is 11.6 Å². The maximum Gasteiger partial charge on any atom is 0.103 e. The fourth-order valence-corrected chi connectivity index (χ4v) is 0.335. The van der Waals surface area contributed by atoms with Crippen molar-refractivity contribution in [1.82, 2.24) is 0 Å². The summed E-state index contributed by atoms with van der Waals surface area (Å²) in [5, 5.41) is 8.25. The first-order valence-corrected chi connectivity index (χ1v) is 2.30. The number of rotatable bonds is 2. The van der Waals surface area contributed by atoms with E-state index in [1.165, 1.54) is 0 Å². The van der Waals surface area contributed by atoms with Crippen molar-refractivity contribution in [3.63, 3.8) is 0 Å². The third-order valence-corrected chi connectivity index (χ3v) is 0.623. The molecule has 3 N–H and O–H groups in total. The molecule has 38 valence electrons. The number of hydrogen-bond donors (Lipinski definition) is 2. The Morgan fingerprint density at radius 2 is 2.33 bits per heavy atom. The van der Waals surface area contributed by atoms with Crippen molar-refractivity contribution in [3.05, 3.63) is 0 Å². The number of aliphatic hydroxyl groups excluding tert-OH is 1. The van der Waals surface area contributed by atoms with Gasteiger partial charge in [0.15, 0.2) is 0 Å². The van der Waals surface area contributed by atoms with Crippen molar-refractivity contribution in [1.29, 1.82) is 0 Å². The standard InChI is InChI=1S/C3H8ClNO/c4-2-1-3(5)6/h3,6H,1-2,5H2/t3-/m0/s1. The van der Waals surface area contributed by atoms with E-state index in [2.05, 4.69) is 0 Å². The maximum atomic E-state index is 8.25. The lowest BCUT2D eigenvalue weighted by Gasteiger charge is -1.95. The van der Waals surface area contributed by atoms with Gasteiger partial charge in [-0.15, -0.1) is 11.6 Å². The third-order valence-electron chi connectivity index (χ3n) is 0.405. The van der Waals surface area contributed by atoms with Crippen LogP contribution in [0.3, 0.4) is 0 Å². The Hall–Kier alpha value is 0.210. The molecule has 0 saturated carbocycles. The Balaban J connectivity index is 2.63. The zero-order valence-corrected chi connectivity index (χ0v) is 4.15. The van der Waals surface area contributed by atoms with E-state index in [4.69, 9.17) is 22.4 Å². The number of aliphatic hydroxyl groups is 1. The van der Waals surface area contributed by atoms with Crippen molar-refractivity contribution < 1.29 is 5.11 Å². The molecule has 0 radical (unpaired) electrons. The fourth-order valence-electron chi connectivity index (χ4n) is 0.112. The highest BCUT2D eigenvalue weighted by Crippen LogP contribution is 1.83. The van der Waals surface area contributed by atoms with Gasteiger partial charge in [-0.25, -0.2) is 0 Å². The molecule has 3 heteroatoms. The Morgan fingerprint density at radius 1 is 1.83 bits per heavy atom. The monoisotopic (exact) mass is 109 g/mol. The van der Waals surface area contributed by atoms with Crippen molar-refractivity contribution in [2.75, 3.05) is 5.88 Å². The van der Waals surface area contributed by atoms with Gasteiger partial charge in [-0.2, -0.15) is 0 Å². The third kappa shape index (κ3) is 4.21. The average molecular weight is 110 g/mol. The van der Waals surface area contributed by atoms with Crippen LogP contribution in [0.4, 0.5) is 0 Å². The second kappa shape index (κ2) is 3.40. The Labute approximate surface area is 41.9 Å². The summed E-state index contributed by atoms with van der Waals surface area (Å²) in [6, 6.07) is 0. The van der Waals surface area contributed by atoms with Gasteiger partial charge in [0.2, 0.25) is 0 Å². The summed E-state index contributed by atoms with van der Waals surface area (Å²) in [7, 11) is 0. The van der Waals surface area contributed by atoms with Crippen LogP contribution in [-0.2, 0) is 0 Å². The summed E-state index contributed by atoms with van der Waals surface area (Å²) >= 11 is 5.16. The molecule has 0 saturated heterocycles. The summed E-state index contributed by atoms with van der Waals surface area (Å²) in [5.74, 6) is 0.428. The minimum absolute atomic E-state index is 0.428. The first-order valence-electron chi connectivity index (χ1n) is 1.77. The second-order valence-electron chi connectivity index (χ2n) is 1.05. The predicted molar refractivity (Wildman–Crippen MR) is 25.5 cm³/mol. The molecule has 2 nitrogen and oxygen atoms in total. The van der Waals surface area contributed by atoms with Crippen LogP contribution in [0.25, 0.3) is 0 Å². The number of halogens is 1. The maximum absolute atomic E-state index is 8.25. The van der Waals surface area contributed by atoms with Crippen LogP contribution in [-0.4, -0.2) is 17.2 Å². The lowest BCUT2D eigenvalue weighted by molar-refractivity contribution is 0.179. The van der Waals surface area contributed by atoms with E-state index in [0.29, 0.717) is 12.3 Å². The highest BCUT2D eigenvalue weighted by Gasteiger charge is 1.88. The average Bonchev–Trinajstić information content (AvgIpc) is 1.35. The van der Waals surface area contributed by atoms with Crippen molar-refractivity contribution in [2.45, 2.75) is 12.6 Å². The van der Waals surface area contributed by atoms with E-state index in [1.54, 1.807) is 0 Å². The van der Waals surface area contributed by atoms with Gasteiger partial charge in [-0.05, 0) is 0 Å². The Morgan fingerprint density at radius 3 is 2.33 bits per heavy atom. The molecule has 0 fully saturated rings. The molecule has 0 aliphatic heterocycles. The lowest BCUT2D eigenvalue weighted by atomic mass is 10.4. The quantitative estimate of drug-likeness (QED) is 0.384. The molecule has 0 heterocycles. The molecule has 0 aliphatic rings. The first-order chi connectivity index (χ1) is 2.77. The lowest BCUT2D eigenvalue weighted by Crippen LogP contribution is -2.18. The largest absolute Gasteiger partial charge is 0.379 e. The topological polar surface area (TPSA) is 46.2 Å². The van der Waals surface area contributed by atoms with Crippen LogP contribution in [0.5, 0.6) is 0 Å². The highest BCUT2D eigenvalue weighted by atomic mass is 35.5. The minimum Gasteiger partial charge on any atom is -0.379 e. The van der Waals surface area contributed by atoms with Crippen molar-refractivity contribution >= 4 is 11.6 Å². The van der Waals surface area contributed by atoms with E-state index in [1.807, 2.05) is 0 Å². The molecular weight excluding hydrogens is 101 g/mol. The number of hydrogen-bond acceptors (Lipinski definition) is 2. The first kappa shape index (κ1) is 6.21. The van der Waals surface area contributed by atoms with Gasteiger partial charge >= 0.3 is 0 Å². The zero-order valence-electron chi connectivity index (χ0n) is 3.39. The van der Waals surface area contributed by atoms with Crippen LogP contribution in [0.1, 0.15) is 6.42 Å². The van der Waals surface area contributed by atoms with Crippen LogP contribution in [0.2, 0.25) is 0 Å². The Bertz CT molecular complexity index is 32.0. The minimum atomic E-state index is -0.734. The number of nitrogens with two attached hydrogens (primary N) is 1. The molecule has 0 aromatic heterocycles. The molecule has 6 heavy (non-hydrogen) atoms. The van der Waals surface area contributed by atoms with Gasteiger partial charge < -0.3 is 10.8 Å². The molecule has 0 amide bonds. The van der Waals surface area contributed by atoms with E-state index < -0.39 is 6.23 Å². The van der Waals surface area contributed by atoms with Gasteiger partial charge in [0, 0.05) is 12.3 Å². The smallest absolute Gasteiger partial charge is 0.103 e. The van der Waals surface area contributed by atoms with Gasteiger partial charge in [-0.3, -0.25) is 0 Å². The summed E-state index contributed by atoms with van der Waals surface area (Å²) < 4.78 is 0. The molecule has 0 aromatic carbocycles. The molecule has 0 rings (SSSR count). The van der Waals surface area contributed by atoms with Gasteiger partial charge in [0.25, 0.3) is 0 Å². The highest BCUT2D eigenvalue weighted by molar-refractivity contribution is 6.17. The van der Waals surface area contributed by atoms with E-state index in [-0.39, 0.29) is 0 Å². The van der Waals surface area contributed by atoms with E-state index in [9.17, 15) is 0 Å². The normalized spacial score (nSPS) is 14.5. The van der Waals surface area contributed by atoms with Crippen LogP contribution < -0.4 is 5.73 Å². The van der Waals surface area contributed by atoms with Gasteiger partial charge in [0.1, 0.15) is 6.23 Å². The predicted octanol–water partition coefficient (Wildman–Crippen LogP) is -0.108.